The Labute approximate surface area is 108 Å². The Kier molecular flexibility index (Phi) is 2.92. The Morgan fingerprint density at radius 2 is 2.00 bits per heavy atom. The van der Waals surface area contributed by atoms with E-state index in [0.717, 1.165) is 11.3 Å². The number of aromatic nitrogens is 3. The maximum Gasteiger partial charge on any atom is 0.124 e. The van der Waals surface area contributed by atoms with Crippen molar-refractivity contribution < 1.29 is 5.11 Å². The Bertz CT molecular complexity index is 619. The van der Waals surface area contributed by atoms with Crippen LogP contribution in [0.4, 0.5) is 0 Å². The van der Waals surface area contributed by atoms with E-state index in [-0.39, 0.29) is 0 Å². The highest BCUT2D eigenvalue weighted by Gasteiger charge is 2.17. The number of aliphatic hydroxyl groups is 1. The summed E-state index contributed by atoms with van der Waals surface area (Å²) in [7, 11) is 0. The first-order valence-electron chi connectivity index (χ1n) is 5.52. The lowest BCUT2D eigenvalue weighted by Crippen LogP contribution is -2.07. The van der Waals surface area contributed by atoms with Gasteiger partial charge in [-0.3, -0.25) is 0 Å². The van der Waals surface area contributed by atoms with Crippen molar-refractivity contribution in [3.63, 3.8) is 0 Å². The highest BCUT2D eigenvalue weighted by molar-refractivity contribution is 7.07. The lowest BCUT2D eigenvalue weighted by atomic mass is 10.1. The maximum atomic E-state index is 10.3. The number of hydrogen-bond donors (Lipinski definition) is 1. The van der Waals surface area contributed by atoms with E-state index in [9.17, 15) is 5.11 Å². The molecule has 4 nitrogen and oxygen atoms in total. The topological polar surface area (TPSA) is 50.9 Å². The minimum atomic E-state index is -0.702. The van der Waals surface area contributed by atoms with E-state index in [2.05, 4.69) is 10.3 Å². The highest BCUT2D eigenvalue weighted by Crippen LogP contribution is 2.24. The molecule has 3 aromatic rings. The van der Waals surface area contributed by atoms with Crippen LogP contribution in [-0.4, -0.2) is 20.1 Å². The molecule has 0 amide bonds. The molecule has 0 radical (unpaired) electrons. The average molecular weight is 257 g/mol. The lowest BCUT2D eigenvalue weighted by Gasteiger charge is -2.10. The van der Waals surface area contributed by atoms with E-state index in [0.29, 0.717) is 5.69 Å². The van der Waals surface area contributed by atoms with Crippen molar-refractivity contribution in [1.29, 1.82) is 0 Å². The summed E-state index contributed by atoms with van der Waals surface area (Å²) in [4.78, 5) is 0. The maximum absolute atomic E-state index is 10.3. The number of thiophene rings is 1. The van der Waals surface area contributed by atoms with E-state index in [1.54, 1.807) is 22.2 Å². The summed E-state index contributed by atoms with van der Waals surface area (Å²) in [5.41, 5.74) is 2.42. The molecule has 1 atom stereocenters. The molecule has 5 heteroatoms. The van der Waals surface area contributed by atoms with Gasteiger partial charge >= 0.3 is 0 Å². The molecule has 0 saturated heterocycles. The van der Waals surface area contributed by atoms with Gasteiger partial charge in [0.1, 0.15) is 6.10 Å². The van der Waals surface area contributed by atoms with Crippen molar-refractivity contribution in [2.45, 2.75) is 6.10 Å². The fourth-order valence-electron chi connectivity index (χ4n) is 1.80. The van der Waals surface area contributed by atoms with E-state index in [1.165, 1.54) is 0 Å². The van der Waals surface area contributed by atoms with Gasteiger partial charge in [-0.25, -0.2) is 4.68 Å². The Hall–Kier alpha value is -1.98. The minimum Gasteiger partial charge on any atom is -0.382 e. The van der Waals surface area contributed by atoms with Crippen molar-refractivity contribution in [3.8, 4) is 5.69 Å². The van der Waals surface area contributed by atoms with Crippen LogP contribution >= 0.6 is 11.3 Å². The fraction of sp³-hybridized carbons (Fsp3) is 0.0769. The van der Waals surface area contributed by atoms with Gasteiger partial charge < -0.3 is 5.11 Å². The molecule has 0 bridgehead atoms. The first kappa shape index (κ1) is 11.1. The standard InChI is InChI=1S/C13H11N3OS/c17-13(10-6-7-18-9-10)12-8-14-15-16(12)11-4-2-1-3-5-11/h1-9,13,17H. The van der Waals surface area contributed by atoms with Crippen LogP contribution in [0.15, 0.2) is 53.4 Å². The van der Waals surface area contributed by atoms with Crippen molar-refractivity contribution in [2.24, 2.45) is 0 Å². The summed E-state index contributed by atoms with van der Waals surface area (Å²) in [6.45, 7) is 0. The smallest absolute Gasteiger partial charge is 0.124 e. The quantitative estimate of drug-likeness (QED) is 0.784. The largest absolute Gasteiger partial charge is 0.382 e. The second-order valence-corrected chi connectivity index (χ2v) is 4.65. The molecule has 1 N–H and O–H groups in total. The zero-order valence-electron chi connectivity index (χ0n) is 9.47. The Morgan fingerprint density at radius 1 is 1.17 bits per heavy atom. The summed E-state index contributed by atoms with van der Waals surface area (Å²) < 4.78 is 1.66. The second-order valence-electron chi connectivity index (χ2n) is 3.87. The van der Waals surface area contributed by atoms with Gasteiger partial charge in [-0.05, 0) is 34.5 Å². The van der Waals surface area contributed by atoms with Crippen LogP contribution in [0.3, 0.4) is 0 Å². The molecule has 2 heterocycles. The SMILES string of the molecule is OC(c1ccsc1)c1cnnn1-c1ccccc1. The molecule has 0 saturated carbocycles. The summed E-state index contributed by atoms with van der Waals surface area (Å²) in [5.74, 6) is 0. The number of aliphatic hydroxyl groups excluding tert-OH is 1. The van der Waals surface area contributed by atoms with Crippen LogP contribution in [0.2, 0.25) is 0 Å². The van der Waals surface area contributed by atoms with Crippen LogP contribution in [0.5, 0.6) is 0 Å². The van der Waals surface area contributed by atoms with E-state index in [1.807, 2.05) is 47.2 Å². The molecule has 0 fully saturated rings. The van der Waals surface area contributed by atoms with E-state index < -0.39 is 6.10 Å². The van der Waals surface area contributed by atoms with Crippen LogP contribution in [0, 0.1) is 0 Å². The number of hydrogen-bond acceptors (Lipinski definition) is 4. The lowest BCUT2D eigenvalue weighted by molar-refractivity contribution is 0.212. The second kappa shape index (κ2) is 4.72. The van der Waals surface area contributed by atoms with Gasteiger partial charge in [0.05, 0.1) is 17.6 Å². The van der Waals surface area contributed by atoms with Crippen LogP contribution < -0.4 is 0 Å². The van der Waals surface area contributed by atoms with Gasteiger partial charge in [0, 0.05) is 0 Å². The normalized spacial score (nSPS) is 12.5. The zero-order chi connectivity index (χ0) is 12.4. The van der Waals surface area contributed by atoms with Crippen molar-refractivity contribution in [1.82, 2.24) is 15.0 Å². The van der Waals surface area contributed by atoms with Crippen LogP contribution in [0.25, 0.3) is 5.69 Å². The van der Waals surface area contributed by atoms with Gasteiger partial charge in [-0.15, -0.1) is 5.10 Å². The molecule has 0 spiro atoms. The number of nitrogens with zero attached hydrogens (tertiary/aromatic N) is 3. The highest BCUT2D eigenvalue weighted by atomic mass is 32.1. The fourth-order valence-corrected chi connectivity index (χ4v) is 2.48. The summed E-state index contributed by atoms with van der Waals surface area (Å²) in [5, 5.41) is 22.1. The molecule has 1 unspecified atom stereocenters. The van der Waals surface area contributed by atoms with Crippen LogP contribution in [0.1, 0.15) is 17.4 Å². The third-order valence-electron chi connectivity index (χ3n) is 2.72. The predicted octanol–water partition coefficient (Wildman–Crippen LogP) is 2.41. The molecule has 1 aromatic carbocycles. The molecule has 2 aromatic heterocycles. The molecule has 0 aliphatic carbocycles. The summed E-state index contributed by atoms with van der Waals surface area (Å²) in [6.07, 6.45) is 0.890. The molecular formula is C13H11N3OS. The van der Waals surface area contributed by atoms with Crippen molar-refractivity contribution in [3.05, 3.63) is 64.6 Å². The van der Waals surface area contributed by atoms with Gasteiger partial charge in [0.25, 0.3) is 0 Å². The van der Waals surface area contributed by atoms with Gasteiger partial charge in [0.15, 0.2) is 0 Å². The number of benzene rings is 1. The Morgan fingerprint density at radius 3 is 2.72 bits per heavy atom. The molecule has 90 valence electrons. The van der Waals surface area contributed by atoms with E-state index in [4.69, 9.17) is 0 Å². The van der Waals surface area contributed by atoms with E-state index >= 15 is 0 Å². The van der Waals surface area contributed by atoms with Crippen LogP contribution in [-0.2, 0) is 0 Å². The third kappa shape index (κ3) is 1.94. The van der Waals surface area contributed by atoms with Crippen molar-refractivity contribution >= 4 is 11.3 Å². The first-order chi connectivity index (χ1) is 8.86. The van der Waals surface area contributed by atoms with Gasteiger partial charge in [-0.1, -0.05) is 23.4 Å². The predicted molar refractivity (Wildman–Crippen MR) is 69.7 cm³/mol. The molecule has 0 aliphatic heterocycles. The summed E-state index contributed by atoms with van der Waals surface area (Å²) in [6, 6.07) is 11.6. The van der Waals surface area contributed by atoms with Gasteiger partial charge in [0.2, 0.25) is 0 Å². The molecular weight excluding hydrogens is 246 g/mol. The first-order valence-corrected chi connectivity index (χ1v) is 6.47. The average Bonchev–Trinajstić information content (AvgIpc) is 3.10. The minimum absolute atomic E-state index is 0.666. The Balaban J connectivity index is 2.02. The molecule has 18 heavy (non-hydrogen) atoms. The van der Waals surface area contributed by atoms with Crippen molar-refractivity contribution in [2.75, 3.05) is 0 Å². The van der Waals surface area contributed by atoms with Gasteiger partial charge in [-0.2, -0.15) is 11.3 Å². The molecule has 0 aliphatic rings. The third-order valence-corrected chi connectivity index (χ3v) is 3.42. The molecule has 3 rings (SSSR count). The monoisotopic (exact) mass is 257 g/mol. The zero-order valence-corrected chi connectivity index (χ0v) is 10.3. The number of para-hydroxylation sites is 1. The number of rotatable bonds is 3. The summed E-state index contributed by atoms with van der Waals surface area (Å²) >= 11 is 1.56.